The fourth-order valence-corrected chi connectivity index (χ4v) is 5.29. The molecule has 3 heterocycles. The Labute approximate surface area is 207 Å². The van der Waals surface area contributed by atoms with Crippen molar-refractivity contribution in [3.8, 4) is 0 Å². The maximum atomic E-state index is 13.8. The maximum absolute atomic E-state index is 13.8. The highest BCUT2D eigenvalue weighted by molar-refractivity contribution is 5.76. The quantitative estimate of drug-likeness (QED) is 0.517. The largest absolute Gasteiger partial charge is 0.469 e. The van der Waals surface area contributed by atoms with Crippen molar-refractivity contribution < 1.29 is 18.7 Å². The summed E-state index contributed by atoms with van der Waals surface area (Å²) in [7, 11) is 1.38. The Kier molecular flexibility index (Phi) is 8.72. The first-order chi connectivity index (χ1) is 17.0. The number of amides is 1. The third-order valence-corrected chi connectivity index (χ3v) is 7.32. The fourth-order valence-electron chi connectivity index (χ4n) is 5.29. The van der Waals surface area contributed by atoms with Crippen LogP contribution in [0.4, 0.5) is 10.2 Å². The molecule has 1 aromatic heterocycles. The third-order valence-electron chi connectivity index (χ3n) is 7.32. The van der Waals surface area contributed by atoms with E-state index in [0.717, 1.165) is 81.7 Å². The molecular formula is C28H36FN3O3. The number of aromatic nitrogens is 1. The van der Waals surface area contributed by atoms with Gasteiger partial charge >= 0.3 is 5.97 Å². The smallest absolute Gasteiger partial charge is 0.306 e. The number of carbonyl (C=O) groups excluding carboxylic acids is 2. The van der Waals surface area contributed by atoms with Crippen LogP contribution >= 0.6 is 0 Å². The van der Waals surface area contributed by atoms with E-state index in [-0.39, 0.29) is 30.0 Å². The second-order valence-corrected chi connectivity index (χ2v) is 9.79. The Balaban J connectivity index is 1.23. The Morgan fingerprint density at radius 1 is 1.23 bits per heavy atom. The Morgan fingerprint density at radius 3 is 2.83 bits per heavy atom. The number of anilines is 1. The van der Waals surface area contributed by atoms with Crippen molar-refractivity contribution in [2.75, 3.05) is 32.1 Å². The first-order valence-electron chi connectivity index (χ1n) is 12.8. The lowest BCUT2D eigenvalue weighted by Crippen LogP contribution is -2.38. The van der Waals surface area contributed by atoms with Gasteiger partial charge in [-0.2, -0.15) is 0 Å². The van der Waals surface area contributed by atoms with Crippen LogP contribution in [0, 0.1) is 11.7 Å². The number of benzene rings is 1. The summed E-state index contributed by atoms with van der Waals surface area (Å²) in [6, 6.07) is 10.7. The molecule has 1 unspecified atom stereocenters. The van der Waals surface area contributed by atoms with Gasteiger partial charge in [-0.1, -0.05) is 18.2 Å². The number of hydrogen-bond acceptors (Lipinski definition) is 5. The summed E-state index contributed by atoms with van der Waals surface area (Å²) in [4.78, 5) is 31.4. The highest BCUT2D eigenvalue weighted by Crippen LogP contribution is 2.33. The van der Waals surface area contributed by atoms with Crippen molar-refractivity contribution in [2.45, 2.75) is 63.7 Å². The number of nitrogens with one attached hydrogen (secondary N) is 1. The van der Waals surface area contributed by atoms with Gasteiger partial charge in [0.25, 0.3) is 0 Å². The average Bonchev–Trinajstić information content (AvgIpc) is 2.88. The number of esters is 1. The van der Waals surface area contributed by atoms with Crippen molar-refractivity contribution in [1.29, 1.82) is 0 Å². The number of ether oxygens (including phenoxy) is 1. The predicted molar refractivity (Wildman–Crippen MR) is 134 cm³/mol. The molecule has 1 N–H and O–H groups in total. The molecule has 2 aliphatic heterocycles. The lowest BCUT2D eigenvalue weighted by atomic mass is 9.82. The highest BCUT2D eigenvalue weighted by atomic mass is 19.1. The number of nitrogens with zero attached hydrogens (tertiary/aromatic N) is 2. The maximum Gasteiger partial charge on any atom is 0.306 e. The van der Waals surface area contributed by atoms with E-state index in [1.807, 2.05) is 11.0 Å². The first kappa shape index (κ1) is 25.1. The van der Waals surface area contributed by atoms with E-state index in [2.05, 4.69) is 17.4 Å². The molecule has 1 amide bonds. The number of hydrogen-bond donors (Lipinski definition) is 1. The molecule has 7 heteroatoms. The molecule has 2 aromatic rings. The zero-order valence-electron chi connectivity index (χ0n) is 20.6. The zero-order chi connectivity index (χ0) is 24.6. The van der Waals surface area contributed by atoms with Crippen LogP contribution in [0.5, 0.6) is 0 Å². The van der Waals surface area contributed by atoms with Crippen LogP contribution in [0.3, 0.4) is 0 Å². The van der Waals surface area contributed by atoms with E-state index in [1.54, 1.807) is 6.07 Å². The van der Waals surface area contributed by atoms with Crippen LogP contribution in [0.1, 0.15) is 67.7 Å². The molecule has 1 fully saturated rings. The molecule has 188 valence electrons. The number of rotatable bonds is 9. The van der Waals surface area contributed by atoms with Gasteiger partial charge in [0.1, 0.15) is 11.6 Å². The Hall–Kier alpha value is -2.96. The van der Waals surface area contributed by atoms with Gasteiger partial charge in [0.2, 0.25) is 5.91 Å². The molecule has 1 atom stereocenters. The summed E-state index contributed by atoms with van der Waals surface area (Å²) in [5.74, 6) is 0.950. The molecule has 6 nitrogen and oxygen atoms in total. The molecular weight excluding hydrogens is 445 g/mol. The standard InChI is InChI=1S/C28H36FN3O3/c1-35-27(34)19-23(22-5-2-7-24(29)18-22)17-20-12-15-32(16-13-20)26(33)9-3-8-25-11-10-21-6-4-14-30-28(21)31-25/h2,5,7,10-11,18,20,23H,3-4,6,8-9,12-17,19H2,1H3,(H,30,31). The lowest BCUT2D eigenvalue weighted by molar-refractivity contribution is -0.141. The lowest BCUT2D eigenvalue weighted by Gasteiger charge is -2.34. The molecule has 0 saturated carbocycles. The van der Waals surface area contributed by atoms with Crippen LogP contribution in [0.25, 0.3) is 0 Å². The van der Waals surface area contributed by atoms with Gasteiger partial charge < -0.3 is 15.0 Å². The second kappa shape index (κ2) is 12.1. The van der Waals surface area contributed by atoms with Crippen molar-refractivity contribution >= 4 is 17.7 Å². The van der Waals surface area contributed by atoms with Crippen LogP contribution in [0.2, 0.25) is 0 Å². The minimum Gasteiger partial charge on any atom is -0.469 e. The Bertz CT molecular complexity index is 1020. The van der Waals surface area contributed by atoms with Crippen molar-refractivity contribution in [3.63, 3.8) is 0 Å². The van der Waals surface area contributed by atoms with Crippen molar-refractivity contribution in [1.82, 2.24) is 9.88 Å². The molecule has 1 saturated heterocycles. The summed E-state index contributed by atoms with van der Waals surface area (Å²) in [6.45, 7) is 2.45. The number of aryl methyl sites for hydroxylation is 2. The minimum atomic E-state index is -0.292. The topological polar surface area (TPSA) is 71.5 Å². The van der Waals surface area contributed by atoms with E-state index in [1.165, 1.54) is 24.8 Å². The third kappa shape index (κ3) is 7.03. The summed E-state index contributed by atoms with van der Waals surface area (Å²) in [5.41, 5.74) is 3.16. The van der Waals surface area contributed by atoms with Gasteiger partial charge in [0, 0.05) is 31.7 Å². The molecule has 2 aliphatic rings. The number of halogens is 1. The number of fused-ring (bicyclic) bond motifs is 1. The van der Waals surface area contributed by atoms with Crippen molar-refractivity contribution in [2.24, 2.45) is 5.92 Å². The number of methoxy groups -OCH3 is 1. The number of likely N-dealkylation sites (tertiary alicyclic amines) is 1. The van der Waals surface area contributed by atoms with Crippen molar-refractivity contribution in [3.05, 3.63) is 59.0 Å². The van der Waals surface area contributed by atoms with Crippen LogP contribution in [0.15, 0.2) is 36.4 Å². The molecule has 0 spiro atoms. The average molecular weight is 482 g/mol. The van der Waals surface area contributed by atoms with Gasteiger partial charge in [-0.05, 0) is 86.1 Å². The molecule has 1 aromatic carbocycles. The van der Waals surface area contributed by atoms with Crippen LogP contribution < -0.4 is 5.32 Å². The fraction of sp³-hybridized carbons (Fsp3) is 0.536. The number of carbonyl (C=O) groups is 2. The minimum absolute atomic E-state index is 0.0796. The van der Waals surface area contributed by atoms with Crippen LogP contribution in [-0.2, 0) is 27.2 Å². The van der Waals surface area contributed by atoms with E-state index in [0.29, 0.717) is 12.3 Å². The van der Waals surface area contributed by atoms with Gasteiger partial charge in [-0.25, -0.2) is 9.37 Å². The summed E-state index contributed by atoms with van der Waals surface area (Å²) in [6.07, 6.45) is 7.19. The van der Waals surface area contributed by atoms with Gasteiger partial charge in [-0.15, -0.1) is 0 Å². The first-order valence-corrected chi connectivity index (χ1v) is 12.8. The Morgan fingerprint density at radius 2 is 2.06 bits per heavy atom. The van der Waals surface area contributed by atoms with Crippen LogP contribution in [-0.4, -0.2) is 48.5 Å². The number of piperidine rings is 1. The summed E-state index contributed by atoms with van der Waals surface area (Å²) in [5, 5.41) is 3.37. The molecule has 4 rings (SSSR count). The second-order valence-electron chi connectivity index (χ2n) is 9.79. The molecule has 0 radical (unpaired) electrons. The van der Waals surface area contributed by atoms with E-state index in [4.69, 9.17) is 9.72 Å². The molecule has 0 bridgehead atoms. The number of pyridine rings is 1. The van der Waals surface area contributed by atoms with Gasteiger partial charge in [0.05, 0.1) is 13.5 Å². The van der Waals surface area contributed by atoms with E-state index >= 15 is 0 Å². The molecule has 35 heavy (non-hydrogen) atoms. The van der Waals surface area contributed by atoms with E-state index in [9.17, 15) is 14.0 Å². The summed E-state index contributed by atoms with van der Waals surface area (Å²) < 4.78 is 18.7. The van der Waals surface area contributed by atoms with Gasteiger partial charge in [0.15, 0.2) is 0 Å². The normalized spacial score (nSPS) is 16.8. The zero-order valence-corrected chi connectivity index (χ0v) is 20.6. The summed E-state index contributed by atoms with van der Waals surface area (Å²) >= 11 is 0. The van der Waals surface area contributed by atoms with Gasteiger partial charge in [-0.3, -0.25) is 9.59 Å². The predicted octanol–water partition coefficient (Wildman–Crippen LogP) is 4.88. The monoisotopic (exact) mass is 481 g/mol. The highest BCUT2D eigenvalue weighted by Gasteiger charge is 2.27. The molecule has 0 aliphatic carbocycles. The SMILES string of the molecule is COC(=O)CC(CC1CCN(C(=O)CCCc2ccc3c(n2)NCCC3)CC1)c1cccc(F)c1. The van der Waals surface area contributed by atoms with E-state index < -0.39 is 0 Å².